The molecule has 3 nitrogen and oxygen atoms in total. The van der Waals surface area contributed by atoms with Crippen molar-refractivity contribution in [1.82, 2.24) is 4.98 Å². The van der Waals surface area contributed by atoms with Crippen molar-refractivity contribution in [3.05, 3.63) is 28.0 Å². The highest BCUT2D eigenvalue weighted by Crippen LogP contribution is 2.30. The first-order chi connectivity index (χ1) is 7.16. The van der Waals surface area contributed by atoms with E-state index in [0.29, 0.717) is 13.0 Å². The summed E-state index contributed by atoms with van der Waals surface area (Å²) >= 11 is 3.33. The molecule has 0 aliphatic carbocycles. The fourth-order valence-corrected chi connectivity index (χ4v) is 2.28. The lowest BCUT2D eigenvalue weighted by Gasteiger charge is -2.27. The quantitative estimate of drug-likeness (QED) is 0.798. The highest BCUT2D eigenvalue weighted by molar-refractivity contribution is 9.10. The lowest BCUT2D eigenvalue weighted by atomic mass is 9.98. The highest BCUT2D eigenvalue weighted by Gasteiger charge is 2.23. The van der Waals surface area contributed by atoms with E-state index in [0.717, 1.165) is 22.3 Å². The van der Waals surface area contributed by atoms with Crippen LogP contribution >= 0.6 is 15.9 Å². The van der Waals surface area contributed by atoms with Crippen molar-refractivity contribution in [3.63, 3.8) is 0 Å². The van der Waals surface area contributed by atoms with Crippen LogP contribution in [0.25, 0.3) is 0 Å². The molecule has 15 heavy (non-hydrogen) atoms. The first kappa shape index (κ1) is 11.0. The smallest absolute Gasteiger partial charge is 0.106 e. The zero-order valence-corrected chi connectivity index (χ0v) is 10.2. The molecule has 2 unspecified atom stereocenters. The summed E-state index contributed by atoms with van der Waals surface area (Å²) in [5, 5.41) is 9.58. The van der Waals surface area contributed by atoms with Crippen molar-refractivity contribution >= 4 is 15.9 Å². The van der Waals surface area contributed by atoms with Gasteiger partial charge in [0.2, 0.25) is 0 Å². The minimum absolute atomic E-state index is 0.00523. The van der Waals surface area contributed by atoms with Crippen molar-refractivity contribution in [1.29, 1.82) is 0 Å². The molecule has 2 atom stereocenters. The van der Waals surface area contributed by atoms with Crippen molar-refractivity contribution in [3.8, 4) is 0 Å². The number of nitrogens with zero attached hydrogens (tertiary/aromatic N) is 1. The fourth-order valence-electron chi connectivity index (χ4n) is 1.88. The van der Waals surface area contributed by atoms with Gasteiger partial charge in [0.1, 0.15) is 4.60 Å². The average molecular weight is 272 g/mol. The summed E-state index contributed by atoms with van der Waals surface area (Å²) in [4.78, 5) is 4.33. The van der Waals surface area contributed by atoms with Crippen LogP contribution in [-0.2, 0) is 4.74 Å². The molecule has 1 aromatic heterocycles. The summed E-state index contributed by atoms with van der Waals surface area (Å²) < 4.78 is 6.47. The summed E-state index contributed by atoms with van der Waals surface area (Å²) in [5.41, 5.74) is 2.04. The molecule has 0 amide bonds. The van der Waals surface area contributed by atoms with Gasteiger partial charge in [-0.2, -0.15) is 0 Å². The molecule has 1 fully saturated rings. The van der Waals surface area contributed by atoms with E-state index in [-0.39, 0.29) is 12.2 Å². The van der Waals surface area contributed by atoms with Crippen molar-refractivity contribution in [2.24, 2.45) is 0 Å². The van der Waals surface area contributed by atoms with Crippen LogP contribution in [0.15, 0.2) is 16.7 Å². The summed E-state index contributed by atoms with van der Waals surface area (Å²) in [6.07, 6.45) is 1.16. The maximum Gasteiger partial charge on any atom is 0.106 e. The van der Waals surface area contributed by atoms with Gasteiger partial charge in [-0.25, -0.2) is 4.98 Å². The zero-order valence-electron chi connectivity index (χ0n) is 8.61. The molecule has 1 aromatic rings. The van der Waals surface area contributed by atoms with Gasteiger partial charge >= 0.3 is 0 Å². The number of halogens is 1. The molecule has 1 aliphatic heterocycles. The second kappa shape index (κ2) is 4.60. The van der Waals surface area contributed by atoms with Crippen LogP contribution in [0.5, 0.6) is 0 Å². The summed E-state index contributed by atoms with van der Waals surface area (Å²) in [5.74, 6) is 0. The third kappa shape index (κ3) is 2.56. The lowest BCUT2D eigenvalue weighted by Crippen LogP contribution is -2.24. The molecule has 0 saturated carbocycles. The molecule has 2 rings (SSSR count). The Morgan fingerprint density at radius 2 is 2.33 bits per heavy atom. The topological polar surface area (TPSA) is 42.4 Å². The van der Waals surface area contributed by atoms with Gasteiger partial charge in [-0.15, -0.1) is 0 Å². The second-order valence-electron chi connectivity index (χ2n) is 3.85. The first-order valence-electron chi connectivity index (χ1n) is 5.09. The van der Waals surface area contributed by atoms with Crippen molar-refractivity contribution in [2.45, 2.75) is 32.0 Å². The molecule has 82 valence electrons. The molecule has 0 bridgehead atoms. The number of rotatable bonds is 1. The van der Waals surface area contributed by atoms with Crippen LogP contribution < -0.4 is 0 Å². The zero-order chi connectivity index (χ0) is 10.8. The lowest BCUT2D eigenvalue weighted by molar-refractivity contribution is -0.0451. The van der Waals surface area contributed by atoms with Gasteiger partial charge in [-0.1, -0.05) is 6.07 Å². The van der Waals surface area contributed by atoms with Crippen LogP contribution in [0.4, 0.5) is 0 Å². The van der Waals surface area contributed by atoms with Crippen LogP contribution in [0.2, 0.25) is 0 Å². The molecule has 1 aliphatic rings. The number of aromatic nitrogens is 1. The monoisotopic (exact) mass is 271 g/mol. The van der Waals surface area contributed by atoms with E-state index in [1.807, 2.05) is 19.1 Å². The summed E-state index contributed by atoms with van der Waals surface area (Å²) in [7, 11) is 0. The second-order valence-corrected chi connectivity index (χ2v) is 4.66. The Kier molecular flexibility index (Phi) is 3.38. The molecule has 4 heteroatoms. The largest absolute Gasteiger partial charge is 0.393 e. The number of aliphatic hydroxyl groups is 1. The Morgan fingerprint density at radius 1 is 1.53 bits per heavy atom. The molecule has 1 saturated heterocycles. The minimum Gasteiger partial charge on any atom is -0.393 e. The summed E-state index contributed by atoms with van der Waals surface area (Å²) in [6, 6.07) is 3.92. The minimum atomic E-state index is -0.244. The van der Waals surface area contributed by atoms with E-state index in [1.54, 1.807) is 0 Å². The van der Waals surface area contributed by atoms with Gasteiger partial charge in [-0.05, 0) is 35.3 Å². The van der Waals surface area contributed by atoms with Gasteiger partial charge in [0.25, 0.3) is 0 Å². The molecular formula is C11H14BrNO2. The maximum absolute atomic E-state index is 9.58. The van der Waals surface area contributed by atoms with Crippen molar-refractivity contribution in [2.75, 3.05) is 6.61 Å². The van der Waals surface area contributed by atoms with Gasteiger partial charge in [-0.3, -0.25) is 0 Å². The molecular weight excluding hydrogens is 258 g/mol. The number of ether oxygens (including phenoxy) is 1. The fraction of sp³-hybridized carbons (Fsp3) is 0.545. The summed E-state index contributed by atoms with van der Waals surface area (Å²) in [6.45, 7) is 2.59. The van der Waals surface area contributed by atoms with E-state index in [2.05, 4.69) is 20.9 Å². The van der Waals surface area contributed by atoms with Crippen LogP contribution in [0, 0.1) is 6.92 Å². The van der Waals surface area contributed by atoms with Gasteiger partial charge in [0.05, 0.1) is 12.2 Å². The normalized spacial score (nSPS) is 26.6. The van der Waals surface area contributed by atoms with E-state index in [9.17, 15) is 5.11 Å². The molecule has 1 N–H and O–H groups in total. The molecule has 0 aromatic carbocycles. The molecule has 0 radical (unpaired) electrons. The molecule has 2 heterocycles. The average Bonchev–Trinajstić information content (AvgIpc) is 2.17. The van der Waals surface area contributed by atoms with E-state index in [4.69, 9.17) is 4.74 Å². The Hall–Kier alpha value is -0.450. The number of hydrogen-bond donors (Lipinski definition) is 1. The first-order valence-corrected chi connectivity index (χ1v) is 5.89. The third-order valence-corrected chi connectivity index (χ3v) is 3.14. The number of aryl methyl sites for hydroxylation is 1. The van der Waals surface area contributed by atoms with E-state index < -0.39 is 0 Å². The number of pyridine rings is 1. The predicted molar refractivity (Wildman–Crippen MR) is 60.6 cm³/mol. The van der Waals surface area contributed by atoms with Crippen LogP contribution in [0.3, 0.4) is 0 Å². The molecule has 0 spiro atoms. The van der Waals surface area contributed by atoms with E-state index >= 15 is 0 Å². The van der Waals surface area contributed by atoms with Crippen LogP contribution in [0.1, 0.15) is 30.2 Å². The van der Waals surface area contributed by atoms with Gasteiger partial charge in [0.15, 0.2) is 0 Å². The Labute approximate surface area is 97.6 Å². The van der Waals surface area contributed by atoms with Crippen molar-refractivity contribution < 1.29 is 9.84 Å². The van der Waals surface area contributed by atoms with E-state index in [1.165, 1.54) is 0 Å². The number of aliphatic hydroxyl groups excluding tert-OH is 1. The standard InChI is InChI=1S/C11H14BrNO2/c1-7-9(2-3-11(12)13-7)10-6-8(14)4-5-15-10/h2-3,8,10,14H,4-6H2,1H3. The SMILES string of the molecule is Cc1nc(Br)ccc1C1CC(O)CCO1. The third-order valence-electron chi connectivity index (χ3n) is 2.70. The van der Waals surface area contributed by atoms with Gasteiger partial charge in [0, 0.05) is 24.3 Å². The predicted octanol–water partition coefficient (Wildman–Crippen LogP) is 2.36. The van der Waals surface area contributed by atoms with Crippen LogP contribution in [-0.4, -0.2) is 22.8 Å². The van der Waals surface area contributed by atoms with Gasteiger partial charge < -0.3 is 9.84 Å². The Bertz CT molecular complexity index is 356. The Morgan fingerprint density at radius 3 is 3.00 bits per heavy atom. The number of hydrogen-bond acceptors (Lipinski definition) is 3. The highest BCUT2D eigenvalue weighted by atomic mass is 79.9. The Balaban J connectivity index is 2.21. The maximum atomic E-state index is 9.58.